The maximum absolute atomic E-state index is 12.8. The van der Waals surface area contributed by atoms with Crippen LogP contribution in [0.3, 0.4) is 0 Å². The molecule has 0 atom stereocenters. The number of aromatic nitrogens is 4. The Kier molecular flexibility index (Phi) is 7.22. The van der Waals surface area contributed by atoms with Gasteiger partial charge in [0.25, 0.3) is 0 Å². The molecule has 0 saturated carbocycles. The number of unbranched alkanes of at least 4 members (excludes halogenated alkanes) is 1. The first-order valence-electron chi connectivity index (χ1n) is 11.4. The normalized spacial score (nSPS) is 10.9. The summed E-state index contributed by atoms with van der Waals surface area (Å²) >= 11 is 0. The van der Waals surface area contributed by atoms with Gasteiger partial charge in [-0.05, 0) is 24.1 Å². The summed E-state index contributed by atoms with van der Waals surface area (Å²) in [5.41, 5.74) is 3.05. The van der Waals surface area contributed by atoms with Crippen molar-refractivity contribution in [3.63, 3.8) is 0 Å². The number of carboxylic acid groups (broad SMARTS) is 1. The lowest BCUT2D eigenvalue weighted by Crippen LogP contribution is -2.10. The van der Waals surface area contributed by atoms with Crippen molar-refractivity contribution in [2.75, 3.05) is 0 Å². The highest BCUT2D eigenvalue weighted by Crippen LogP contribution is 2.23. The first kappa shape index (κ1) is 23.0. The molecule has 0 unspecified atom stereocenters. The summed E-state index contributed by atoms with van der Waals surface area (Å²) < 4.78 is 1.81. The lowest BCUT2D eigenvalue weighted by atomic mass is 10.0. The molecule has 7 heteroatoms. The smallest absolute Gasteiger partial charge is 0.336 e. The minimum atomic E-state index is -0.966. The van der Waals surface area contributed by atoms with Crippen molar-refractivity contribution in [1.82, 2.24) is 19.7 Å². The molecule has 172 valence electrons. The molecule has 2 aromatic carbocycles. The standard InChI is InChI=1S/C27H26N4O3/c1-2-3-13-24-29-26(25(32)19-9-5-4-6-10-19)30-31(24)17-16-21-15-14-20(18-28-21)22-11-7-8-12-23(22)27(33)34/h4-12,14-15,18H,2-3,13,16-17H2,1H3,(H,33,34). The molecule has 0 fully saturated rings. The number of ketones is 1. The second kappa shape index (κ2) is 10.7. The highest BCUT2D eigenvalue weighted by Gasteiger charge is 2.18. The quantitative estimate of drug-likeness (QED) is 0.344. The predicted molar refractivity (Wildman–Crippen MR) is 129 cm³/mol. The number of hydrogen-bond acceptors (Lipinski definition) is 5. The molecule has 0 saturated heterocycles. The van der Waals surface area contributed by atoms with Crippen LogP contribution in [0.2, 0.25) is 0 Å². The monoisotopic (exact) mass is 454 g/mol. The number of nitrogens with zero attached hydrogens (tertiary/aromatic N) is 4. The van der Waals surface area contributed by atoms with Crippen molar-refractivity contribution in [1.29, 1.82) is 0 Å². The molecule has 0 bridgehead atoms. The van der Waals surface area contributed by atoms with Gasteiger partial charge in [0.05, 0.1) is 5.56 Å². The fourth-order valence-electron chi connectivity index (χ4n) is 3.76. The molecular formula is C27H26N4O3. The van der Waals surface area contributed by atoms with Gasteiger partial charge in [-0.15, -0.1) is 5.10 Å². The van der Waals surface area contributed by atoms with Crippen LogP contribution in [0, 0.1) is 0 Å². The molecule has 0 aliphatic carbocycles. The van der Waals surface area contributed by atoms with Gasteiger partial charge in [-0.2, -0.15) is 0 Å². The van der Waals surface area contributed by atoms with E-state index < -0.39 is 5.97 Å². The molecule has 7 nitrogen and oxygen atoms in total. The SMILES string of the molecule is CCCCc1nc(C(=O)c2ccccc2)nn1CCc1ccc(-c2ccccc2C(=O)O)cn1. The van der Waals surface area contributed by atoms with E-state index in [1.54, 1.807) is 41.2 Å². The van der Waals surface area contributed by atoms with Crippen LogP contribution in [0.25, 0.3) is 11.1 Å². The fourth-order valence-corrected chi connectivity index (χ4v) is 3.76. The lowest BCUT2D eigenvalue weighted by molar-refractivity contribution is 0.0697. The van der Waals surface area contributed by atoms with Gasteiger partial charge in [0.2, 0.25) is 11.6 Å². The van der Waals surface area contributed by atoms with Crippen LogP contribution in [0.4, 0.5) is 0 Å². The Balaban J connectivity index is 1.51. The van der Waals surface area contributed by atoms with Gasteiger partial charge in [-0.1, -0.05) is 67.9 Å². The van der Waals surface area contributed by atoms with E-state index in [2.05, 4.69) is 22.0 Å². The van der Waals surface area contributed by atoms with Crippen molar-refractivity contribution in [2.45, 2.75) is 39.2 Å². The number of benzene rings is 2. The molecule has 1 N–H and O–H groups in total. The lowest BCUT2D eigenvalue weighted by Gasteiger charge is -2.08. The van der Waals surface area contributed by atoms with E-state index >= 15 is 0 Å². The van der Waals surface area contributed by atoms with Crippen LogP contribution in [0.15, 0.2) is 72.9 Å². The van der Waals surface area contributed by atoms with Crippen molar-refractivity contribution in [2.24, 2.45) is 0 Å². The van der Waals surface area contributed by atoms with Gasteiger partial charge < -0.3 is 5.11 Å². The van der Waals surface area contributed by atoms with Crippen molar-refractivity contribution < 1.29 is 14.7 Å². The van der Waals surface area contributed by atoms with Gasteiger partial charge in [0.1, 0.15) is 5.82 Å². The van der Waals surface area contributed by atoms with Crippen LogP contribution < -0.4 is 0 Å². The summed E-state index contributed by atoms with van der Waals surface area (Å²) in [6, 6.07) is 19.7. The summed E-state index contributed by atoms with van der Waals surface area (Å²) in [7, 11) is 0. The summed E-state index contributed by atoms with van der Waals surface area (Å²) in [5, 5.41) is 13.9. The number of pyridine rings is 1. The molecule has 4 rings (SSSR count). The second-order valence-electron chi connectivity index (χ2n) is 8.01. The van der Waals surface area contributed by atoms with E-state index in [9.17, 15) is 14.7 Å². The molecule has 34 heavy (non-hydrogen) atoms. The zero-order valence-electron chi connectivity index (χ0n) is 19.0. The third-order valence-electron chi connectivity index (χ3n) is 5.61. The molecule has 0 spiro atoms. The Bertz CT molecular complexity index is 1280. The van der Waals surface area contributed by atoms with E-state index in [-0.39, 0.29) is 17.2 Å². The van der Waals surface area contributed by atoms with E-state index in [0.717, 1.165) is 36.3 Å². The molecule has 0 amide bonds. The Morgan fingerprint density at radius 2 is 1.71 bits per heavy atom. The number of aryl methyl sites for hydroxylation is 3. The van der Waals surface area contributed by atoms with Gasteiger partial charge in [0, 0.05) is 42.4 Å². The number of carboxylic acids is 1. The predicted octanol–water partition coefficient (Wildman–Crippen LogP) is 4.85. The van der Waals surface area contributed by atoms with E-state index in [4.69, 9.17) is 0 Å². The minimum absolute atomic E-state index is 0.184. The van der Waals surface area contributed by atoms with Gasteiger partial charge in [-0.3, -0.25) is 9.78 Å². The molecule has 0 aliphatic rings. The zero-order valence-corrected chi connectivity index (χ0v) is 19.0. The Labute approximate surface area is 198 Å². The molecule has 2 aromatic heterocycles. The van der Waals surface area contributed by atoms with Gasteiger partial charge in [-0.25, -0.2) is 14.5 Å². The average Bonchev–Trinajstić information content (AvgIpc) is 3.29. The van der Waals surface area contributed by atoms with Crippen molar-refractivity contribution >= 4 is 11.8 Å². The van der Waals surface area contributed by atoms with Crippen LogP contribution in [-0.2, 0) is 19.4 Å². The largest absolute Gasteiger partial charge is 0.478 e. The highest BCUT2D eigenvalue weighted by molar-refractivity contribution is 6.06. The van der Waals surface area contributed by atoms with Crippen LogP contribution in [-0.4, -0.2) is 36.6 Å². The number of rotatable bonds is 10. The average molecular weight is 455 g/mol. The molecular weight excluding hydrogens is 428 g/mol. The van der Waals surface area contributed by atoms with Crippen LogP contribution in [0.5, 0.6) is 0 Å². The number of aromatic carboxylic acids is 1. The number of hydrogen-bond donors (Lipinski definition) is 1. The summed E-state index contributed by atoms with van der Waals surface area (Å²) in [5.74, 6) is -0.137. The maximum atomic E-state index is 12.8. The van der Waals surface area contributed by atoms with Crippen molar-refractivity contribution in [3.8, 4) is 11.1 Å². The number of carbonyl (C=O) groups excluding carboxylic acids is 1. The first-order valence-corrected chi connectivity index (χ1v) is 11.4. The second-order valence-corrected chi connectivity index (χ2v) is 8.01. The van der Waals surface area contributed by atoms with Gasteiger partial charge >= 0.3 is 5.97 Å². The Morgan fingerprint density at radius 3 is 2.41 bits per heavy atom. The Hall–Kier alpha value is -4.13. The summed E-state index contributed by atoms with van der Waals surface area (Å²) in [4.78, 5) is 33.4. The third kappa shape index (κ3) is 5.26. The molecule has 0 aliphatic heterocycles. The van der Waals surface area contributed by atoms with Gasteiger partial charge in [0.15, 0.2) is 0 Å². The molecule has 4 aromatic rings. The van der Waals surface area contributed by atoms with Crippen molar-refractivity contribution in [3.05, 3.63) is 101 Å². The van der Waals surface area contributed by atoms with E-state index in [0.29, 0.717) is 24.1 Å². The summed E-state index contributed by atoms with van der Waals surface area (Å²) in [6.07, 6.45) is 5.05. The Morgan fingerprint density at radius 1 is 0.941 bits per heavy atom. The highest BCUT2D eigenvalue weighted by atomic mass is 16.4. The van der Waals surface area contributed by atoms with Crippen LogP contribution >= 0.6 is 0 Å². The third-order valence-corrected chi connectivity index (χ3v) is 5.61. The molecule has 0 radical (unpaired) electrons. The topological polar surface area (TPSA) is 98.0 Å². The van der Waals surface area contributed by atoms with E-state index in [1.807, 2.05) is 36.4 Å². The minimum Gasteiger partial charge on any atom is -0.478 e. The first-order chi connectivity index (χ1) is 16.6. The van der Waals surface area contributed by atoms with Crippen LogP contribution in [0.1, 0.15) is 57.8 Å². The fraction of sp³-hybridized carbons (Fsp3) is 0.222. The molecule has 2 heterocycles. The van der Waals surface area contributed by atoms with E-state index in [1.165, 1.54) is 0 Å². The zero-order chi connectivity index (χ0) is 23.9. The maximum Gasteiger partial charge on any atom is 0.336 e. The number of carbonyl (C=O) groups is 2. The summed E-state index contributed by atoms with van der Waals surface area (Å²) in [6.45, 7) is 2.66.